The lowest BCUT2D eigenvalue weighted by Gasteiger charge is -2.07. The molecule has 0 atom stereocenters. The van der Waals surface area contributed by atoms with E-state index >= 15 is 0 Å². The van der Waals surface area contributed by atoms with E-state index in [1.165, 1.54) is 24.3 Å². The minimum atomic E-state index is -0.364. The molecular formula is C21H21FN2O3. The van der Waals surface area contributed by atoms with Gasteiger partial charge in [-0.2, -0.15) is 0 Å². The van der Waals surface area contributed by atoms with Crippen molar-refractivity contribution in [1.29, 1.82) is 0 Å². The third-order valence-electron chi connectivity index (χ3n) is 4.42. The van der Waals surface area contributed by atoms with Gasteiger partial charge in [0.15, 0.2) is 0 Å². The highest BCUT2D eigenvalue weighted by atomic mass is 19.1. The number of hydrogen-bond donors (Lipinski definition) is 2. The molecule has 0 aliphatic carbocycles. The fraction of sp³-hybridized carbons (Fsp3) is 0.238. The Morgan fingerprint density at radius 1 is 1.04 bits per heavy atom. The molecule has 27 heavy (non-hydrogen) atoms. The van der Waals surface area contributed by atoms with Crippen molar-refractivity contribution in [2.24, 2.45) is 0 Å². The molecule has 2 N–H and O–H groups in total. The second kappa shape index (κ2) is 8.03. The molecule has 6 heteroatoms. The Balaban J connectivity index is 1.49. The molecule has 1 aromatic heterocycles. The summed E-state index contributed by atoms with van der Waals surface area (Å²) in [5.41, 5.74) is 4.38. The molecule has 140 valence electrons. The number of benzene rings is 2. The molecule has 0 unspecified atom stereocenters. The monoisotopic (exact) mass is 368 g/mol. The van der Waals surface area contributed by atoms with E-state index in [4.69, 9.17) is 4.42 Å². The van der Waals surface area contributed by atoms with Crippen molar-refractivity contribution in [2.75, 3.05) is 11.9 Å². The fourth-order valence-electron chi connectivity index (χ4n) is 2.78. The van der Waals surface area contributed by atoms with E-state index in [0.29, 0.717) is 5.69 Å². The molecule has 0 bridgehead atoms. The number of rotatable bonds is 6. The Hall–Kier alpha value is -3.15. The second-order valence-corrected chi connectivity index (χ2v) is 6.53. The normalized spacial score (nSPS) is 10.8. The lowest BCUT2D eigenvalue weighted by atomic mass is 10.0. The van der Waals surface area contributed by atoms with Crippen LogP contribution in [0.4, 0.5) is 10.1 Å². The molecule has 0 saturated heterocycles. The van der Waals surface area contributed by atoms with Gasteiger partial charge in [0.1, 0.15) is 11.4 Å². The van der Waals surface area contributed by atoms with Gasteiger partial charge >= 0.3 is 0 Å². The highest BCUT2D eigenvalue weighted by molar-refractivity contribution is 5.91. The summed E-state index contributed by atoms with van der Waals surface area (Å²) in [5, 5.41) is 6.32. The van der Waals surface area contributed by atoms with Gasteiger partial charge in [0.25, 0.3) is 0 Å². The lowest BCUT2D eigenvalue weighted by molar-refractivity contribution is -0.120. The van der Waals surface area contributed by atoms with Crippen molar-refractivity contribution in [2.45, 2.75) is 26.7 Å². The highest BCUT2D eigenvalue weighted by Crippen LogP contribution is 2.25. The number of nitrogens with one attached hydrogen (secondary N) is 2. The van der Waals surface area contributed by atoms with Crippen LogP contribution in [0.1, 0.15) is 23.1 Å². The van der Waals surface area contributed by atoms with Gasteiger partial charge in [-0.05, 0) is 61.4 Å². The molecule has 2 amide bonds. The van der Waals surface area contributed by atoms with Crippen LogP contribution < -0.4 is 10.6 Å². The summed E-state index contributed by atoms with van der Waals surface area (Å²) >= 11 is 0. The Bertz CT molecular complexity index is 977. The number of anilines is 1. The van der Waals surface area contributed by atoms with Gasteiger partial charge in [-0.3, -0.25) is 9.59 Å². The van der Waals surface area contributed by atoms with Crippen LogP contribution >= 0.6 is 0 Å². The maximum Gasteiger partial charge on any atom is 0.226 e. The number of halogens is 1. The second-order valence-electron chi connectivity index (χ2n) is 6.53. The molecule has 0 aliphatic rings. The summed E-state index contributed by atoms with van der Waals surface area (Å²) < 4.78 is 18.4. The van der Waals surface area contributed by atoms with Gasteiger partial charge in [0.05, 0.1) is 12.7 Å². The predicted molar refractivity (Wildman–Crippen MR) is 102 cm³/mol. The minimum Gasteiger partial charge on any atom is -0.464 e. The number of amides is 2. The van der Waals surface area contributed by atoms with Gasteiger partial charge in [-0.25, -0.2) is 4.39 Å². The number of fused-ring (bicyclic) bond motifs is 1. The summed E-state index contributed by atoms with van der Waals surface area (Å²) in [6.45, 7) is 4.26. The summed E-state index contributed by atoms with van der Waals surface area (Å²) in [5.74, 6) is -0.787. The molecular weight excluding hydrogens is 347 g/mol. The average molecular weight is 368 g/mol. The van der Waals surface area contributed by atoms with E-state index < -0.39 is 0 Å². The van der Waals surface area contributed by atoms with Gasteiger partial charge in [0, 0.05) is 29.6 Å². The number of hydrogen-bond acceptors (Lipinski definition) is 3. The number of carbonyl (C=O) groups is 2. The maximum atomic E-state index is 12.8. The van der Waals surface area contributed by atoms with Crippen molar-refractivity contribution in [3.8, 4) is 0 Å². The van der Waals surface area contributed by atoms with Crippen molar-refractivity contribution in [3.63, 3.8) is 0 Å². The van der Waals surface area contributed by atoms with Crippen LogP contribution in [0.2, 0.25) is 0 Å². The zero-order valence-corrected chi connectivity index (χ0v) is 15.3. The van der Waals surface area contributed by atoms with Crippen molar-refractivity contribution in [3.05, 3.63) is 65.2 Å². The average Bonchev–Trinajstić information content (AvgIpc) is 2.99. The Morgan fingerprint density at radius 3 is 2.48 bits per heavy atom. The topological polar surface area (TPSA) is 71.3 Å². The summed E-state index contributed by atoms with van der Waals surface area (Å²) in [7, 11) is 0. The SMILES string of the molecule is Cc1cc2occ(CC(=O)NCCC(=O)Nc3ccc(F)cc3)c2cc1C. The standard InChI is InChI=1S/C21H21FN2O3/c1-13-9-18-15(12-27-19(18)10-14(13)2)11-21(26)23-8-7-20(25)24-17-5-3-16(22)4-6-17/h3-6,9-10,12H,7-8,11H2,1-2H3,(H,23,26)(H,24,25). The number of furan rings is 1. The molecule has 2 aromatic carbocycles. The van der Waals surface area contributed by atoms with Gasteiger partial charge < -0.3 is 15.1 Å². The first-order chi connectivity index (χ1) is 12.9. The first-order valence-electron chi connectivity index (χ1n) is 8.72. The largest absolute Gasteiger partial charge is 0.464 e. The Kier molecular flexibility index (Phi) is 5.54. The van der Waals surface area contributed by atoms with Gasteiger partial charge in [-0.1, -0.05) is 0 Å². The molecule has 0 aliphatic heterocycles. The molecule has 0 saturated carbocycles. The zero-order valence-electron chi connectivity index (χ0n) is 15.3. The maximum absolute atomic E-state index is 12.8. The minimum absolute atomic E-state index is 0.132. The van der Waals surface area contributed by atoms with Crippen molar-refractivity contribution < 1.29 is 18.4 Å². The Labute approximate surface area is 156 Å². The van der Waals surface area contributed by atoms with E-state index in [2.05, 4.69) is 10.6 Å². The molecule has 0 radical (unpaired) electrons. The van der Waals surface area contributed by atoms with Crippen LogP contribution in [0.25, 0.3) is 11.0 Å². The summed E-state index contributed by atoms with van der Waals surface area (Å²) in [6, 6.07) is 9.50. The summed E-state index contributed by atoms with van der Waals surface area (Å²) in [6.07, 6.45) is 1.92. The van der Waals surface area contributed by atoms with Crippen LogP contribution in [-0.4, -0.2) is 18.4 Å². The van der Waals surface area contributed by atoms with Gasteiger partial charge in [-0.15, -0.1) is 0 Å². The molecule has 3 aromatic rings. The Morgan fingerprint density at radius 2 is 1.74 bits per heavy atom. The highest BCUT2D eigenvalue weighted by Gasteiger charge is 2.12. The van der Waals surface area contributed by atoms with Crippen molar-refractivity contribution in [1.82, 2.24) is 5.32 Å². The lowest BCUT2D eigenvalue weighted by Crippen LogP contribution is -2.28. The van der Waals surface area contributed by atoms with Gasteiger partial charge in [0.2, 0.25) is 11.8 Å². The third kappa shape index (κ3) is 4.73. The van der Waals surface area contributed by atoms with Crippen LogP contribution in [0, 0.1) is 19.7 Å². The first kappa shape index (κ1) is 18.6. The third-order valence-corrected chi connectivity index (χ3v) is 4.42. The first-order valence-corrected chi connectivity index (χ1v) is 8.72. The molecule has 0 spiro atoms. The number of carbonyl (C=O) groups excluding carboxylic acids is 2. The summed E-state index contributed by atoms with van der Waals surface area (Å²) in [4.78, 5) is 24.0. The smallest absolute Gasteiger partial charge is 0.226 e. The van der Waals surface area contributed by atoms with E-state index in [9.17, 15) is 14.0 Å². The molecule has 0 fully saturated rings. The van der Waals surface area contributed by atoms with Crippen LogP contribution in [0.5, 0.6) is 0 Å². The fourth-order valence-corrected chi connectivity index (χ4v) is 2.78. The van der Waals surface area contributed by atoms with E-state index in [0.717, 1.165) is 27.7 Å². The van der Waals surface area contributed by atoms with Crippen LogP contribution in [0.3, 0.4) is 0 Å². The molecule has 1 heterocycles. The van der Waals surface area contributed by atoms with E-state index in [1.807, 2.05) is 26.0 Å². The molecule has 3 rings (SSSR count). The quantitative estimate of drug-likeness (QED) is 0.694. The van der Waals surface area contributed by atoms with Crippen LogP contribution in [0.15, 0.2) is 47.1 Å². The molecule has 5 nitrogen and oxygen atoms in total. The van der Waals surface area contributed by atoms with E-state index in [-0.39, 0.29) is 37.0 Å². The van der Waals surface area contributed by atoms with E-state index in [1.54, 1.807) is 6.26 Å². The van der Waals surface area contributed by atoms with Crippen molar-refractivity contribution >= 4 is 28.5 Å². The zero-order chi connectivity index (χ0) is 19.4. The predicted octanol–water partition coefficient (Wildman–Crippen LogP) is 3.88. The van der Waals surface area contributed by atoms with Crippen LogP contribution in [-0.2, 0) is 16.0 Å². The number of aryl methyl sites for hydroxylation is 2.